The zero-order chi connectivity index (χ0) is 46.3. The average molecular weight is 899 g/mol. The number of hydrogen-bond acceptors (Lipinski definition) is 7. The van der Waals surface area contributed by atoms with Crippen molar-refractivity contribution < 1.29 is 32.1 Å². The molecule has 0 bridgehead atoms. The van der Waals surface area contributed by atoms with Gasteiger partial charge in [0.05, 0.1) is 43.5 Å². The van der Waals surface area contributed by atoms with Gasteiger partial charge in [0.2, 0.25) is 0 Å². The number of nitrogens with zero attached hydrogens (tertiary/aromatic N) is 3. The van der Waals surface area contributed by atoms with Gasteiger partial charge in [0.1, 0.15) is 61.7 Å². The molecule has 0 fully saturated rings. The lowest BCUT2D eigenvalue weighted by Gasteiger charge is -2.06. The molecular formula is C54H45F3N6O4. The molecule has 10 nitrogen and oxygen atoms in total. The van der Waals surface area contributed by atoms with Crippen LogP contribution in [0, 0.1) is 35.5 Å². The van der Waals surface area contributed by atoms with Crippen molar-refractivity contribution in [3.63, 3.8) is 0 Å². The normalized spacial score (nSPS) is 10.3. The highest BCUT2D eigenvalue weighted by Crippen LogP contribution is 2.16. The zero-order valence-electron chi connectivity index (χ0n) is 36.3. The number of H-pyrrole nitrogens is 3. The molecule has 0 saturated carbocycles. The zero-order valence-corrected chi connectivity index (χ0v) is 36.3. The maximum absolute atomic E-state index is 12.0. The fraction of sp³-hybridized carbons (Fsp3) is 0.167. The molecule has 0 aliphatic heterocycles. The minimum Gasteiger partial charge on any atom is -0.491 e. The Morgan fingerprint density at radius 1 is 0.403 bits per heavy atom. The topological polar surface area (TPSA) is 123 Å². The fourth-order valence-corrected chi connectivity index (χ4v) is 6.22. The van der Waals surface area contributed by atoms with Crippen molar-refractivity contribution in [3.05, 3.63) is 185 Å². The first kappa shape index (κ1) is 46.7. The highest BCUT2D eigenvalue weighted by atomic mass is 19.1. The van der Waals surface area contributed by atoms with Crippen LogP contribution in [0.25, 0.3) is 33.1 Å². The first-order valence-corrected chi connectivity index (χ1v) is 21.3. The van der Waals surface area contributed by atoms with Crippen molar-refractivity contribution in [1.82, 2.24) is 29.9 Å². The van der Waals surface area contributed by atoms with E-state index >= 15 is 0 Å². The smallest absolute Gasteiger partial charge is 0.138 e. The number of rotatable bonds is 13. The van der Waals surface area contributed by atoms with Gasteiger partial charge in [-0.1, -0.05) is 29.9 Å². The van der Waals surface area contributed by atoms with Crippen LogP contribution in [-0.2, 0) is 16.1 Å². The molecule has 336 valence electrons. The molecule has 0 amide bonds. The molecule has 0 saturated heterocycles. The molecule has 3 aromatic carbocycles. The van der Waals surface area contributed by atoms with Crippen molar-refractivity contribution >= 4 is 33.1 Å². The minimum absolute atomic E-state index is 0.0765. The Labute approximate surface area is 385 Å². The molecule has 13 heteroatoms. The van der Waals surface area contributed by atoms with Gasteiger partial charge in [0, 0.05) is 51.4 Å². The van der Waals surface area contributed by atoms with Crippen molar-refractivity contribution in [2.75, 3.05) is 53.1 Å². The van der Waals surface area contributed by atoms with Crippen molar-refractivity contribution in [1.29, 1.82) is 0 Å². The van der Waals surface area contributed by atoms with Crippen LogP contribution in [0.4, 0.5) is 13.2 Å². The lowest BCUT2D eigenvalue weighted by atomic mass is 10.1. The molecule has 9 aromatic rings. The SMILES string of the molecule is FCCOCCOc1ccc(C#Cc2cc3cccnc3[nH]2)cc1.FCCOCc1ccc(C#Cc2cc3cccnc3[nH]2)cc1.FCCOc1ccc(C#Cc2cc3cccnc3[nH]2)cc1. The average Bonchev–Trinajstić information content (AvgIpc) is 4.12. The maximum Gasteiger partial charge on any atom is 0.138 e. The summed E-state index contributed by atoms with van der Waals surface area (Å²) in [5.74, 6) is 19.9. The van der Waals surface area contributed by atoms with Crippen LogP contribution in [0.3, 0.4) is 0 Å². The highest BCUT2D eigenvalue weighted by molar-refractivity contribution is 5.79. The summed E-state index contributed by atoms with van der Waals surface area (Å²) < 4.78 is 56.6. The number of halogens is 3. The van der Waals surface area contributed by atoms with Gasteiger partial charge in [-0.2, -0.15) is 0 Å². The van der Waals surface area contributed by atoms with Crippen LogP contribution in [0.1, 0.15) is 39.3 Å². The molecule has 6 heterocycles. The summed E-state index contributed by atoms with van der Waals surface area (Å²) in [7, 11) is 0. The number of benzene rings is 3. The Morgan fingerprint density at radius 3 is 1.19 bits per heavy atom. The number of pyridine rings is 3. The van der Waals surface area contributed by atoms with E-state index in [0.717, 1.165) is 78.2 Å². The van der Waals surface area contributed by atoms with Crippen molar-refractivity contribution in [2.24, 2.45) is 0 Å². The Hall–Kier alpha value is -8.28. The monoisotopic (exact) mass is 898 g/mol. The Morgan fingerprint density at radius 2 is 0.791 bits per heavy atom. The van der Waals surface area contributed by atoms with Gasteiger partial charge in [0.25, 0.3) is 0 Å². The third kappa shape index (κ3) is 14.9. The fourth-order valence-electron chi connectivity index (χ4n) is 6.22. The van der Waals surface area contributed by atoms with Gasteiger partial charge in [-0.25, -0.2) is 28.1 Å². The summed E-state index contributed by atoms with van der Waals surface area (Å²) in [6.07, 6.45) is 5.24. The largest absolute Gasteiger partial charge is 0.491 e. The van der Waals surface area contributed by atoms with Crippen LogP contribution in [0.2, 0.25) is 0 Å². The van der Waals surface area contributed by atoms with Gasteiger partial charge in [-0.15, -0.1) is 0 Å². The molecule has 0 radical (unpaired) electrons. The second-order valence-electron chi connectivity index (χ2n) is 14.3. The number of ether oxygens (including phenoxy) is 4. The number of nitrogens with one attached hydrogen (secondary N) is 3. The van der Waals surface area contributed by atoms with E-state index in [9.17, 15) is 13.2 Å². The molecule has 0 unspecified atom stereocenters. The van der Waals surface area contributed by atoms with Crippen molar-refractivity contribution in [3.8, 4) is 47.0 Å². The maximum atomic E-state index is 12.0. The Bertz CT molecular complexity index is 3030. The number of fused-ring (bicyclic) bond motifs is 3. The van der Waals surface area contributed by atoms with Crippen LogP contribution >= 0.6 is 0 Å². The highest BCUT2D eigenvalue weighted by Gasteiger charge is 2.01. The summed E-state index contributed by atoms with van der Waals surface area (Å²) in [6, 6.07) is 40.1. The van der Waals surface area contributed by atoms with E-state index in [1.54, 1.807) is 30.7 Å². The summed E-state index contributed by atoms with van der Waals surface area (Å²) in [5, 5.41) is 3.13. The van der Waals surface area contributed by atoms with Gasteiger partial charge in [-0.3, -0.25) is 0 Å². The van der Waals surface area contributed by atoms with Crippen LogP contribution in [0.15, 0.2) is 146 Å². The molecule has 6 aromatic heterocycles. The predicted octanol–water partition coefficient (Wildman–Crippen LogP) is 10.1. The molecule has 9 rings (SSSR count). The van der Waals surface area contributed by atoms with E-state index in [1.807, 2.05) is 115 Å². The van der Waals surface area contributed by atoms with Crippen LogP contribution in [0.5, 0.6) is 11.5 Å². The molecule has 67 heavy (non-hydrogen) atoms. The van der Waals surface area contributed by atoms with Crippen molar-refractivity contribution in [2.45, 2.75) is 6.61 Å². The standard InChI is InChI=1S/C19H17FN2O2.C18H15FN2O.C17H13FN2O/c20-9-11-23-12-13-24-18-7-4-15(5-8-18)3-6-17-14-16-2-1-10-21-19(16)22-17;19-9-11-22-13-15-5-3-14(4-6-15)7-8-17-12-16-2-1-10-20-18(16)21-17;18-9-11-21-16-7-4-13(5-8-16)3-6-15-12-14-2-1-10-19-17(14)20-15/h1-2,4-5,7-8,10,14H,9,11-13H2,(H,21,22);1-6,10,12H,9,11,13H2,(H,20,21);1-2,4-5,7-8,10,12H,9,11H2,(H,19,20). The molecule has 0 spiro atoms. The third-order valence-electron chi connectivity index (χ3n) is 9.42. The third-order valence-corrected chi connectivity index (χ3v) is 9.42. The summed E-state index contributed by atoms with van der Waals surface area (Å²) in [5.41, 5.74) is 8.68. The molecule has 3 N–H and O–H groups in total. The van der Waals surface area contributed by atoms with E-state index in [4.69, 9.17) is 18.9 Å². The second-order valence-corrected chi connectivity index (χ2v) is 14.3. The lowest BCUT2D eigenvalue weighted by Crippen LogP contribution is -2.08. The van der Waals surface area contributed by atoms with E-state index in [2.05, 4.69) is 65.4 Å². The number of aromatic amines is 3. The lowest BCUT2D eigenvalue weighted by molar-refractivity contribution is 0.0897. The molecule has 0 aliphatic rings. The second kappa shape index (κ2) is 25.3. The summed E-state index contributed by atoms with van der Waals surface area (Å²) >= 11 is 0. The quantitative estimate of drug-likeness (QED) is 0.0778. The van der Waals surface area contributed by atoms with Gasteiger partial charge >= 0.3 is 0 Å². The summed E-state index contributed by atoms with van der Waals surface area (Å²) in [4.78, 5) is 22.2. The number of hydrogen-bond donors (Lipinski definition) is 3. The van der Waals surface area contributed by atoms with Gasteiger partial charge in [-0.05, 0) is 139 Å². The van der Waals surface area contributed by atoms with Crippen LogP contribution in [-0.4, -0.2) is 83.0 Å². The molecular weight excluding hydrogens is 854 g/mol. The Kier molecular flexibility index (Phi) is 17.6. The van der Waals surface area contributed by atoms with E-state index < -0.39 is 20.0 Å². The Balaban J connectivity index is 0.000000149. The predicted molar refractivity (Wildman–Crippen MR) is 255 cm³/mol. The first-order chi connectivity index (χ1) is 33.0. The van der Waals surface area contributed by atoms with Gasteiger partial charge < -0.3 is 33.9 Å². The number of aromatic nitrogens is 6. The molecule has 0 atom stereocenters. The van der Waals surface area contributed by atoms with Gasteiger partial charge in [0.15, 0.2) is 0 Å². The molecule has 0 aliphatic carbocycles. The number of alkyl halides is 3. The van der Waals surface area contributed by atoms with E-state index in [0.29, 0.717) is 25.6 Å². The minimum atomic E-state index is -0.490. The van der Waals surface area contributed by atoms with E-state index in [-0.39, 0.29) is 19.8 Å². The first-order valence-electron chi connectivity index (χ1n) is 21.3. The van der Waals surface area contributed by atoms with E-state index in [1.165, 1.54) is 0 Å². The van der Waals surface area contributed by atoms with Crippen LogP contribution < -0.4 is 9.47 Å². The summed E-state index contributed by atoms with van der Waals surface area (Å²) in [6.45, 7) is 0.0984.